The molecule has 0 unspecified atom stereocenters. The van der Waals surface area contributed by atoms with E-state index >= 15 is 0 Å². The Balaban J connectivity index is 1.53. The van der Waals surface area contributed by atoms with Crippen LogP contribution in [0.2, 0.25) is 0 Å². The first-order chi connectivity index (χ1) is 13.6. The summed E-state index contributed by atoms with van der Waals surface area (Å²) in [6.45, 7) is 7.90. The van der Waals surface area contributed by atoms with Gasteiger partial charge in [-0.25, -0.2) is 9.59 Å². The van der Waals surface area contributed by atoms with Crippen molar-refractivity contribution in [3.63, 3.8) is 0 Å². The van der Waals surface area contributed by atoms with Crippen LogP contribution in [-0.4, -0.2) is 25.2 Å². The van der Waals surface area contributed by atoms with Gasteiger partial charge in [0, 0.05) is 12.2 Å². The number of carbonyl (C=O) groups is 2. The highest BCUT2D eigenvalue weighted by Crippen LogP contribution is 2.42. The maximum absolute atomic E-state index is 11.1. The Morgan fingerprint density at radius 3 is 1.36 bits per heavy atom. The van der Waals surface area contributed by atoms with Crippen molar-refractivity contribution in [2.75, 3.05) is 13.2 Å². The summed E-state index contributed by atoms with van der Waals surface area (Å²) in [5, 5.41) is 0. The molecular formula is C24H38O4. The highest BCUT2D eigenvalue weighted by Gasteiger charge is 2.30. The minimum absolute atomic E-state index is 0.308. The van der Waals surface area contributed by atoms with Crippen LogP contribution in [0.15, 0.2) is 25.3 Å². The number of carbonyl (C=O) groups excluding carboxylic acids is 2. The molecule has 0 aromatic carbocycles. The molecule has 0 spiro atoms. The Bertz CT molecular complexity index is 451. The van der Waals surface area contributed by atoms with Crippen LogP contribution >= 0.6 is 0 Å². The van der Waals surface area contributed by atoms with Crippen LogP contribution in [0.25, 0.3) is 0 Å². The van der Waals surface area contributed by atoms with Crippen LogP contribution in [0.3, 0.4) is 0 Å². The molecule has 0 aromatic heterocycles. The first kappa shape index (κ1) is 22.7. The topological polar surface area (TPSA) is 52.6 Å². The van der Waals surface area contributed by atoms with Crippen LogP contribution < -0.4 is 0 Å². The van der Waals surface area contributed by atoms with Gasteiger partial charge in [0.25, 0.3) is 0 Å². The third-order valence-electron chi connectivity index (χ3n) is 6.78. The van der Waals surface area contributed by atoms with Gasteiger partial charge in [0.05, 0.1) is 13.2 Å². The van der Waals surface area contributed by atoms with E-state index in [1.54, 1.807) is 0 Å². The molecule has 0 N–H and O–H groups in total. The zero-order chi connectivity index (χ0) is 20.2. The molecule has 2 rings (SSSR count). The predicted octanol–water partition coefficient (Wildman–Crippen LogP) is 5.62. The maximum atomic E-state index is 11.1. The molecule has 2 fully saturated rings. The number of rotatable bonds is 11. The van der Waals surface area contributed by atoms with Gasteiger partial charge in [0.1, 0.15) is 0 Å². The van der Waals surface area contributed by atoms with E-state index in [1.807, 2.05) is 0 Å². The van der Waals surface area contributed by atoms with E-state index in [0.717, 1.165) is 36.5 Å². The van der Waals surface area contributed by atoms with E-state index in [2.05, 4.69) is 13.2 Å². The van der Waals surface area contributed by atoms with Gasteiger partial charge in [-0.1, -0.05) is 38.8 Å². The average Bonchev–Trinajstić information content (AvgIpc) is 2.74. The fourth-order valence-electron chi connectivity index (χ4n) is 5.10. The van der Waals surface area contributed by atoms with E-state index < -0.39 is 0 Å². The highest BCUT2D eigenvalue weighted by atomic mass is 16.5. The van der Waals surface area contributed by atoms with Crippen LogP contribution in [0.1, 0.15) is 77.0 Å². The molecule has 28 heavy (non-hydrogen) atoms. The van der Waals surface area contributed by atoms with Crippen molar-refractivity contribution in [3.05, 3.63) is 25.3 Å². The smallest absolute Gasteiger partial charge is 0.330 e. The fraction of sp³-hybridized carbons (Fsp3) is 0.750. The summed E-state index contributed by atoms with van der Waals surface area (Å²) >= 11 is 0. The van der Waals surface area contributed by atoms with Gasteiger partial charge in [0.2, 0.25) is 0 Å². The second kappa shape index (κ2) is 12.8. The molecule has 2 aliphatic rings. The third-order valence-corrected chi connectivity index (χ3v) is 6.78. The van der Waals surface area contributed by atoms with Crippen molar-refractivity contribution < 1.29 is 19.1 Å². The quantitative estimate of drug-likeness (QED) is 0.261. The molecule has 0 aromatic rings. The SMILES string of the molecule is C=CC(=O)OCCCC1CCC(C2CCC(CCCOC(=O)C=C)CC2)CC1. The second-order valence-electron chi connectivity index (χ2n) is 8.59. The van der Waals surface area contributed by atoms with Crippen molar-refractivity contribution in [2.24, 2.45) is 23.7 Å². The van der Waals surface area contributed by atoms with Gasteiger partial charge < -0.3 is 9.47 Å². The van der Waals surface area contributed by atoms with Crippen molar-refractivity contribution in [1.29, 1.82) is 0 Å². The number of hydrogen-bond donors (Lipinski definition) is 0. The van der Waals surface area contributed by atoms with Gasteiger partial charge in [-0.3, -0.25) is 0 Å². The molecule has 4 heteroatoms. The third kappa shape index (κ3) is 8.20. The van der Waals surface area contributed by atoms with Crippen molar-refractivity contribution in [2.45, 2.75) is 77.0 Å². The number of hydrogen-bond acceptors (Lipinski definition) is 4. The number of esters is 2. The largest absolute Gasteiger partial charge is 0.463 e. The lowest BCUT2D eigenvalue weighted by Crippen LogP contribution is -2.26. The van der Waals surface area contributed by atoms with Crippen molar-refractivity contribution >= 4 is 11.9 Å². The summed E-state index contributed by atoms with van der Waals surface area (Å²) < 4.78 is 10.2. The molecule has 0 atom stereocenters. The lowest BCUT2D eigenvalue weighted by Gasteiger charge is -2.38. The summed E-state index contributed by atoms with van der Waals surface area (Å²) in [5.74, 6) is 2.85. The van der Waals surface area contributed by atoms with E-state index in [1.165, 1.54) is 76.4 Å². The normalized spacial score (nSPS) is 27.6. The minimum atomic E-state index is -0.308. The van der Waals surface area contributed by atoms with E-state index in [0.29, 0.717) is 13.2 Å². The van der Waals surface area contributed by atoms with Gasteiger partial charge in [-0.2, -0.15) is 0 Å². The van der Waals surface area contributed by atoms with Crippen LogP contribution in [0.5, 0.6) is 0 Å². The van der Waals surface area contributed by atoms with E-state index in [9.17, 15) is 9.59 Å². The maximum Gasteiger partial charge on any atom is 0.330 e. The van der Waals surface area contributed by atoms with Gasteiger partial charge in [-0.15, -0.1) is 0 Å². The molecule has 0 amide bonds. The second-order valence-corrected chi connectivity index (χ2v) is 8.59. The van der Waals surface area contributed by atoms with Gasteiger partial charge in [-0.05, 0) is 75.0 Å². The Kier molecular flexibility index (Phi) is 10.4. The summed E-state index contributed by atoms with van der Waals surface area (Å²) in [7, 11) is 0. The monoisotopic (exact) mass is 390 g/mol. The standard InChI is InChI=1S/C24H38O4/c1-3-23(25)27-17-5-7-19-9-13-21(14-10-19)22-15-11-20(12-16-22)8-6-18-28-24(26)4-2/h3-4,19-22H,1-2,5-18H2. The zero-order valence-electron chi connectivity index (χ0n) is 17.4. The Hall–Kier alpha value is -1.58. The van der Waals surface area contributed by atoms with Crippen LogP contribution in [-0.2, 0) is 19.1 Å². The van der Waals surface area contributed by atoms with Crippen LogP contribution in [0, 0.1) is 23.7 Å². The summed E-state index contributed by atoms with van der Waals surface area (Å²) in [4.78, 5) is 22.1. The Morgan fingerprint density at radius 1 is 0.679 bits per heavy atom. The Morgan fingerprint density at radius 2 is 1.04 bits per heavy atom. The molecule has 158 valence electrons. The fourth-order valence-corrected chi connectivity index (χ4v) is 5.10. The first-order valence-electron chi connectivity index (χ1n) is 11.2. The average molecular weight is 391 g/mol. The van der Waals surface area contributed by atoms with Gasteiger partial charge >= 0.3 is 11.9 Å². The highest BCUT2D eigenvalue weighted by molar-refractivity contribution is 5.81. The zero-order valence-corrected chi connectivity index (χ0v) is 17.4. The molecule has 0 heterocycles. The molecule has 0 bridgehead atoms. The molecule has 2 aliphatic carbocycles. The van der Waals surface area contributed by atoms with Gasteiger partial charge in [0.15, 0.2) is 0 Å². The van der Waals surface area contributed by atoms with Crippen molar-refractivity contribution in [3.8, 4) is 0 Å². The van der Waals surface area contributed by atoms with Crippen LogP contribution in [0.4, 0.5) is 0 Å². The summed E-state index contributed by atoms with van der Waals surface area (Å²) in [6, 6.07) is 0. The summed E-state index contributed by atoms with van der Waals surface area (Å²) in [6.07, 6.45) is 17.7. The molecule has 0 radical (unpaired) electrons. The first-order valence-corrected chi connectivity index (χ1v) is 11.2. The lowest BCUT2D eigenvalue weighted by atomic mass is 9.68. The molecule has 2 saturated carbocycles. The van der Waals surface area contributed by atoms with Crippen molar-refractivity contribution in [1.82, 2.24) is 0 Å². The molecule has 4 nitrogen and oxygen atoms in total. The van der Waals surface area contributed by atoms with E-state index in [4.69, 9.17) is 9.47 Å². The predicted molar refractivity (Wildman–Crippen MR) is 112 cm³/mol. The lowest BCUT2D eigenvalue weighted by molar-refractivity contribution is -0.138. The minimum Gasteiger partial charge on any atom is -0.463 e. The molecule has 0 saturated heterocycles. The summed E-state index contributed by atoms with van der Waals surface area (Å²) in [5.41, 5.74) is 0. The molecular weight excluding hydrogens is 352 g/mol. The molecule has 0 aliphatic heterocycles. The number of ether oxygens (including phenoxy) is 2. The van der Waals surface area contributed by atoms with E-state index in [-0.39, 0.29) is 11.9 Å². The Labute approximate surface area is 170 Å².